The van der Waals surface area contributed by atoms with E-state index in [-0.39, 0.29) is 11.2 Å². The number of ether oxygens (including phenoxy) is 2. The molecule has 0 aliphatic carbocycles. The lowest BCUT2D eigenvalue weighted by atomic mass is 10.1. The van der Waals surface area contributed by atoms with E-state index >= 15 is 0 Å². The molecule has 0 saturated carbocycles. The third-order valence-corrected chi connectivity index (χ3v) is 4.70. The molecule has 0 aliphatic rings. The topological polar surface area (TPSA) is 47.6 Å². The summed E-state index contributed by atoms with van der Waals surface area (Å²) in [5.74, 6) is 1.46. The van der Waals surface area contributed by atoms with Gasteiger partial charge in [-0.2, -0.15) is 0 Å². The van der Waals surface area contributed by atoms with E-state index in [2.05, 4.69) is 5.32 Å². The SMILES string of the molecule is COc1ccc(CCNC(=O)[C@@H](C)Sc2ccccc2)cc1OC. The fourth-order valence-electron chi connectivity index (χ4n) is 2.27. The quantitative estimate of drug-likeness (QED) is 0.744. The Labute approximate surface area is 147 Å². The fraction of sp³-hybridized carbons (Fsp3) is 0.316. The van der Waals surface area contributed by atoms with Gasteiger partial charge in [-0.15, -0.1) is 11.8 Å². The van der Waals surface area contributed by atoms with Gasteiger partial charge in [0.2, 0.25) is 5.91 Å². The van der Waals surface area contributed by atoms with Crippen molar-refractivity contribution in [2.45, 2.75) is 23.5 Å². The molecule has 0 fully saturated rings. The van der Waals surface area contributed by atoms with Crippen molar-refractivity contribution in [2.24, 2.45) is 0 Å². The molecule has 0 aliphatic heterocycles. The minimum absolute atomic E-state index is 0.0457. The number of carbonyl (C=O) groups excluding carboxylic acids is 1. The second-order valence-electron chi connectivity index (χ2n) is 5.30. The molecular formula is C19H23NO3S. The Morgan fingerprint density at radius 1 is 1.08 bits per heavy atom. The lowest BCUT2D eigenvalue weighted by molar-refractivity contribution is -0.120. The van der Waals surface area contributed by atoms with E-state index in [4.69, 9.17) is 9.47 Å². The summed E-state index contributed by atoms with van der Waals surface area (Å²) in [7, 11) is 3.23. The molecule has 0 radical (unpaired) electrons. The van der Waals surface area contributed by atoms with Crippen molar-refractivity contribution in [3.8, 4) is 11.5 Å². The van der Waals surface area contributed by atoms with E-state index in [9.17, 15) is 4.79 Å². The van der Waals surface area contributed by atoms with Crippen LogP contribution in [0.4, 0.5) is 0 Å². The predicted molar refractivity (Wildman–Crippen MR) is 98.0 cm³/mol. The first-order valence-corrected chi connectivity index (χ1v) is 8.72. The molecule has 1 N–H and O–H groups in total. The first-order chi connectivity index (χ1) is 11.6. The van der Waals surface area contributed by atoms with Crippen molar-refractivity contribution in [1.82, 2.24) is 5.32 Å². The number of thioether (sulfide) groups is 1. The summed E-state index contributed by atoms with van der Waals surface area (Å²) in [5.41, 5.74) is 1.09. The van der Waals surface area contributed by atoms with Gasteiger partial charge in [0.05, 0.1) is 19.5 Å². The molecule has 0 unspecified atom stereocenters. The molecule has 0 bridgehead atoms. The van der Waals surface area contributed by atoms with Crippen LogP contribution in [0.2, 0.25) is 0 Å². The number of benzene rings is 2. The van der Waals surface area contributed by atoms with Gasteiger partial charge < -0.3 is 14.8 Å². The van der Waals surface area contributed by atoms with Crippen molar-refractivity contribution in [3.05, 3.63) is 54.1 Å². The maximum Gasteiger partial charge on any atom is 0.233 e. The fourth-order valence-corrected chi connectivity index (χ4v) is 3.18. The van der Waals surface area contributed by atoms with Crippen LogP contribution in [0.5, 0.6) is 11.5 Å². The number of amides is 1. The van der Waals surface area contributed by atoms with Crippen LogP contribution in [0.3, 0.4) is 0 Å². The van der Waals surface area contributed by atoms with Crippen molar-refractivity contribution in [1.29, 1.82) is 0 Å². The molecule has 1 atom stereocenters. The van der Waals surface area contributed by atoms with Crippen LogP contribution in [0.1, 0.15) is 12.5 Å². The normalized spacial score (nSPS) is 11.6. The van der Waals surface area contributed by atoms with Crippen LogP contribution in [0.25, 0.3) is 0 Å². The molecule has 0 spiro atoms. The van der Waals surface area contributed by atoms with Crippen molar-refractivity contribution in [2.75, 3.05) is 20.8 Å². The highest BCUT2D eigenvalue weighted by Gasteiger charge is 2.13. The van der Waals surface area contributed by atoms with Gasteiger partial charge in [-0.25, -0.2) is 0 Å². The molecule has 2 aromatic rings. The van der Waals surface area contributed by atoms with E-state index < -0.39 is 0 Å². The minimum atomic E-state index is -0.127. The van der Waals surface area contributed by atoms with Crippen LogP contribution in [-0.2, 0) is 11.2 Å². The van der Waals surface area contributed by atoms with Gasteiger partial charge in [0, 0.05) is 11.4 Å². The molecular weight excluding hydrogens is 322 g/mol. The van der Waals surface area contributed by atoms with Crippen molar-refractivity contribution < 1.29 is 14.3 Å². The number of hydrogen-bond acceptors (Lipinski definition) is 4. The van der Waals surface area contributed by atoms with E-state index in [0.29, 0.717) is 18.0 Å². The molecule has 0 aromatic heterocycles. The first-order valence-electron chi connectivity index (χ1n) is 7.84. The second-order valence-corrected chi connectivity index (χ2v) is 6.72. The van der Waals surface area contributed by atoms with Crippen LogP contribution in [-0.4, -0.2) is 31.9 Å². The summed E-state index contributed by atoms with van der Waals surface area (Å²) in [6, 6.07) is 15.7. The molecule has 5 heteroatoms. The minimum Gasteiger partial charge on any atom is -0.493 e. The molecule has 4 nitrogen and oxygen atoms in total. The Kier molecular flexibility index (Phi) is 7.00. The number of hydrogen-bond donors (Lipinski definition) is 1. The van der Waals surface area contributed by atoms with Crippen molar-refractivity contribution >= 4 is 17.7 Å². The van der Waals surface area contributed by atoms with Gasteiger partial charge in [-0.05, 0) is 43.2 Å². The van der Waals surface area contributed by atoms with Gasteiger partial charge in [0.25, 0.3) is 0 Å². The summed E-state index contributed by atoms with van der Waals surface area (Å²) >= 11 is 1.56. The molecule has 2 rings (SSSR count). The zero-order valence-electron chi connectivity index (χ0n) is 14.2. The first kappa shape index (κ1) is 18.2. The molecule has 2 aromatic carbocycles. The Bertz CT molecular complexity index is 661. The smallest absolute Gasteiger partial charge is 0.233 e. The average Bonchev–Trinajstić information content (AvgIpc) is 2.62. The lowest BCUT2D eigenvalue weighted by Gasteiger charge is -2.13. The van der Waals surface area contributed by atoms with E-state index in [1.807, 2.05) is 55.5 Å². The third-order valence-electron chi connectivity index (χ3n) is 3.59. The Morgan fingerprint density at radius 3 is 2.46 bits per heavy atom. The number of nitrogens with one attached hydrogen (secondary N) is 1. The summed E-state index contributed by atoms with van der Waals surface area (Å²) in [5, 5.41) is 2.86. The Morgan fingerprint density at radius 2 is 1.79 bits per heavy atom. The van der Waals surface area contributed by atoms with Gasteiger partial charge in [-0.3, -0.25) is 4.79 Å². The molecule has 0 saturated heterocycles. The van der Waals surface area contributed by atoms with E-state index in [1.165, 1.54) is 0 Å². The zero-order valence-corrected chi connectivity index (χ0v) is 15.1. The number of rotatable bonds is 8. The van der Waals surface area contributed by atoms with Crippen LogP contribution >= 0.6 is 11.8 Å². The molecule has 24 heavy (non-hydrogen) atoms. The van der Waals surface area contributed by atoms with Crippen LogP contribution in [0.15, 0.2) is 53.4 Å². The molecule has 0 heterocycles. The average molecular weight is 345 g/mol. The van der Waals surface area contributed by atoms with Crippen LogP contribution in [0, 0.1) is 0 Å². The third kappa shape index (κ3) is 5.20. The second kappa shape index (κ2) is 9.23. The van der Waals surface area contributed by atoms with Gasteiger partial charge in [-0.1, -0.05) is 24.3 Å². The monoisotopic (exact) mass is 345 g/mol. The molecule has 1 amide bonds. The van der Waals surface area contributed by atoms with E-state index in [1.54, 1.807) is 26.0 Å². The molecule has 128 valence electrons. The van der Waals surface area contributed by atoms with Crippen molar-refractivity contribution in [3.63, 3.8) is 0 Å². The summed E-state index contributed by atoms with van der Waals surface area (Å²) in [6.07, 6.45) is 0.745. The predicted octanol–water partition coefficient (Wildman–Crippen LogP) is 3.54. The van der Waals surface area contributed by atoms with Gasteiger partial charge in [0.15, 0.2) is 11.5 Å². The largest absolute Gasteiger partial charge is 0.493 e. The Balaban J connectivity index is 1.82. The number of methoxy groups -OCH3 is 2. The Hall–Kier alpha value is -2.14. The summed E-state index contributed by atoms with van der Waals surface area (Å²) in [6.45, 7) is 2.51. The maximum atomic E-state index is 12.2. The highest BCUT2D eigenvalue weighted by atomic mass is 32.2. The van der Waals surface area contributed by atoms with Crippen LogP contribution < -0.4 is 14.8 Å². The van der Waals surface area contributed by atoms with E-state index in [0.717, 1.165) is 16.9 Å². The highest BCUT2D eigenvalue weighted by molar-refractivity contribution is 8.00. The van der Waals surface area contributed by atoms with Gasteiger partial charge >= 0.3 is 0 Å². The lowest BCUT2D eigenvalue weighted by Crippen LogP contribution is -2.32. The highest BCUT2D eigenvalue weighted by Crippen LogP contribution is 2.27. The standard InChI is InChI=1S/C19H23NO3S/c1-14(24-16-7-5-4-6-8-16)19(21)20-12-11-15-9-10-17(22-2)18(13-15)23-3/h4-10,13-14H,11-12H2,1-3H3,(H,20,21)/t14-/m1/s1. The summed E-state index contributed by atoms with van der Waals surface area (Å²) in [4.78, 5) is 13.3. The zero-order chi connectivity index (χ0) is 17.4. The number of carbonyl (C=O) groups is 1. The maximum absolute atomic E-state index is 12.2. The van der Waals surface area contributed by atoms with Gasteiger partial charge in [0.1, 0.15) is 0 Å². The summed E-state index contributed by atoms with van der Waals surface area (Å²) < 4.78 is 10.5.